The summed E-state index contributed by atoms with van der Waals surface area (Å²) in [5.74, 6) is 2.44. The molecule has 0 radical (unpaired) electrons. The summed E-state index contributed by atoms with van der Waals surface area (Å²) in [5, 5.41) is 3.33. The van der Waals surface area contributed by atoms with Crippen LogP contribution in [-0.4, -0.2) is 43.6 Å². The molecule has 0 amide bonds. The highest BCUT2D eigenvalue weighted by Crippen LogP contribution is 2.19. The molecule has 1 aromatic carbocycles. The molecular formula is C16H26IN3O. The van der Waals surface area contributed by atoms with Crippen LogP contribution in [0.4, 0.5) is 0 Å². The summed E-state index contributed by atoms with van der Waals surface area (Å²) in [6, 6.07) is 8.36. The van der Waals surface area contributed by atoms with Crippen molar-refractivity contribution in [1.82, 2.24) is 10.2 Å². The third-order valence-corrected chi connectivity index (χ3v) is 3.49. The van der Waals surface area contributed by atoms with Gasteiger partial charge in [-0.05, 0) is 30.5 Å². The van der Waals surface area contributed by atoms with Gasteiger partial charge in [0.2, 0.25) is 0 Å². The molecule has 1 atom stereocenters. The minimum atomic E-state index is 0. The fraction of sp³-hybridized carbons (Fsp3) is 0.562. The smallest absolute Gasteiger partial charge is 0.193 e. The molecule has 1 aliphatic rings. The number of guanidine groups is 1. The van der Waals surface area contributed by atoms with Gasteiger partial charge in [0.05, 0.1) is 13.1 Å². The van der Waals surface area contributed by atoms with Gasteiger partial charge in [-0.1, -0.05) is 26.0 Å². The second kappa shape index (κ2) is 8.46. The lowest BCUT2D eigenvalue weighted by molar-refractivity contribution is 0.223. The van der Waals surface area contributed by atoms with Crippen molar-refractivity contribution in [2.24, 2.45) is 4.99 Å². The van der Waals surface area contributed by atoms with Crippen LogP contribution >= 0.6 is 24.0 Å². The van der Waals surface area contributed by atoms with Gasteiger partial charge in [0.15, 0.2) is 5.96 Å². The SMILES string of the molecule is CC(CNC1=NCCN1C)Oc1ccc(C(C)C)cc1.I. The maximum atomic E-state index is 5.91. The van der Waals surface area contributed by atoms with Crippen molar-refractivity contribution < 1.29 is 4.74 Å². The Hall–Kier alpha value is -0.980. The van der Waals surface area contributed by atoms with Crippen LogP contribution in [0.15, 0.2) is 29.3 Å². The van der Waals surface area contributed by atoms with E-state index in [-0.39, 0.29) is 30.1 Å². The first-order valence-electron chi connectivity index (χ1n) is 7.32. The predicted octanol–water partition coefficient (Wildman–Crippen LogP) is 3.09. The summed E-state index contributed by atoms with van der Waals surface area (Å²) in [6.07, 6.45) is 0.108. The van der Waals surface area contributed by atoms with Gasteiger partial charge in [-0.3, -0.25) is 4.99 Å². The number of likely N-dealkylation sites (N-methyl/N-ethyl adjacent to an activating group) is 1. The molecular weight excluding hydrogens is 377 g/mol. The van der Waals surface area contributed by atoms with Gasteiger partial charge in [-0.2, -0.15) is 0 Å². The zero-order valence-corrected chi connectivity index (χ0v) is 15.6. The van der Waals surface area contributed by atoms with Crippen LogP contribution in [0.1, 0.15) is 32.3 Å². The van der Waals surface area contributed by atoms with Gasteiger partial charge in [0, 0.05) is 13.6 Å². The van der Waals surface area contributed by atoms with Crippen LogP contribution in [0, 0.1) is 0 Å². The first-order valence-corrected chi connectivity index (χ1v) is 7.32. The van der Waals surface area contributed by atoms with Gasteiger partial charge >= 0.3 is 0 Å². The summed E-state index contributed by atoms with van der Waals surface area (Å²) < 4.78 is 5.91. The number of halogens is 1. The number of nitrogens with zero attached hydrogens (tertiary/aromatic N) is 2. The van der Waals surface area contributed by atoms with E-state index in [9.17, 15) is 0 Å². The Balaban J connectivity index is 0.00000220. The van der Waals surface area contributed by atoms with E-state index in [2.05, 4.69) is 55.2 Å². The maximum Gasteiger partial charge on any atom is 0.193 e. The molecule has 0 saturated carbocycles. The minimum absolute atomic E-state index is 0. The lowest BCUT2D eigenvalue weighted by atomic mass is 10.0. The molecule has 21 heavy (non-hydrogen) atoms. The summed E-state index contributed by atoms with van der Waals surface area (Å²) in [4.78, 5) is 6.53. The highest BCUT2D eigenvalue weighted by molar-refractivity contribution is 14.0. The van der Waals surface area contributed by atoms with Crippen LogP contribution in [0.2, 0.25) is 0 Å². The van der Waals surface area contributed by atoms with E-state index in [1.54, 1.807) is 0 Å². The molecule has 1 aliphatic heterocycles. The molecule has 2 rings (SSSR count). The topological polar surface area (TPSA) is 36.9 Å². The number of hydrogen-bond acceptors (Lipinski definition) is 4. The molecule has 0 bridgehead atoms. The van der Waals surface area contributed by atoms with Gasteiger partial charge in [-0.15, -0.1) is 24.0 Å². The molecule has 0 aromatic heterocycles. The number of aliphatic imine (C=N–C) groups is 1. The standard InChI is InChI=1S/C16H25N3O.HI/c1-12(2)14-5-7-15(8-6-14)20-13(3)11-18-16-17-9-10-19(16)4;/h5-8,12-13H,9-11H2,1-4H3,(H,17,18);1H. The third kappa shape index (κ3) is 5.37. The first-order chi connectivity index (χ1) is 9.56. The fourth-order valence-corrected chi connectivity index (χ4v) is 2.16. The lowest BCUT2D eigenvalue weighted by Crippen LogP contribution is -2.40. The van der Waals surface area contributed by atoms with E-state index < -0.39 is 0 Å². The number of nitrogens with one attached hydrogen (secondary N) is 1. The Morgan fingerprint density at radius 3 is 2.43 bits per heavy atom. The summed E-state index contributed by atoms with van der Waals surface area (Å²) in [6.45, 7) is 9.09. The largest absolute Gasteiger partial charge is 0.489 e. The van der Waals surface area contributed by atoms with Crippen molar-refractivity contribution in [3.8, 4) is 5.75 Å². The molecule has 1 aromatic rings. The minimum Gasteiger partial charge on any atom is -0.489 e. The molecule has 0 saturated heterocycles. The monoisotopic (exact) mass is 403 g/mol. The Labute approximate surface area is 145 Å². The van der Waals surface area contributed by atoms with E-state index in [0.29, 0.717) is 5.92 Å². The van der Waals surface area contributed by atoms with Gasteiger partial charge < -0.3 is 15.0 Å². The number of ether oxygens (including phenoxy) is 1. The normalized spacial score (nSPS) is 15.5. The first kappa shape index (κ1) is 18.1. The zero-order valence-electron chi connectivity index (χ0n) is 13.3. The molecule has 1 N–H and O–H groups in total. The van der Waals surface area contributed by atoms with Crippen LogP contribution in [0.3, 0.4) is 0 Å². The van der Waals surface area contributed by atoms with E-state index >= 15 is 0 Å². The number of rotatable bonds is 5. The Morgan fingerprint density at radius 2 is 1.90 bits per heavy atom. The summed E-state index contributed by atoms with van der Waals surface area (Å²) >= 11 is 0. The average Bonchev–Trinajstić information content (AvgIpc) is 2.82. The molecule has 0 spiro atoms. The van der Waals surface area contributed by atoms with Crippen molar-refractivity contribution in [1.29, 1.82) is 0 Å². The van der Waals surface area contributed by atoms with Crippen molar-refractivity contribution in [3.05, 3.63) is 29.8 Å². The van der Waals surface area contributed by atoms with Gasteiger partial charge in [0.1, 0.15) is 11.9 Å². The Bertz CT molecular complexity index is 459. The molecule has 1 unspecified atom stereocenters. The Morgan fingerprint density at radius 1 is 1.24 bits per heavy atom. The molecule has 0 fully saturated rings. The van der Waals surface area contributed by atoms with Crippen molar-refractivity contribution in [2.45, 2.75) is 32.8 Å². The van der Waals surface area contributed by atoms with E-state index in [4.69, 9.17) is 4.74 Å². The van der Waals surface area contributed by atoms with E-state index in [1.807, 2.05) is 12.1 Å². The highest BCUT2D eigenvalue weighted by Gasteiger charge is 2.13. The van der Waals surface area contributed by atoms with Gasteiger partial charge in [0.25, 0.3) is 0 Å². The highest BCUT2D eigenvalue weighted by atomic mass is 127. The average molecular weight is 403 g/mol. The maximum absolute atomic E-state index is 5.91. The quantitative estimate of drug-likeness (QED) is 0.768. The number of hydrogen-bond donors (Lipinski definition) is 1. The van der Waals surface area contributed by atoms with Crippen molar-refractivity contribution in [3.63, 3.8) is 0 Å². The summed E-state index contributed by atoms with van der Waals surface area (Å²) in [7, 11) is 2.05. The van der Waals surface area contributed by atoms with Crippen LogP contribution in [0.25, 0.3) is 0 Å². The van der Waals surface area contributed by atoms with Crippen molar-refractivity contribution in [2.75, 3.05) is 26.7 Å². The molecule has 0 aliphatic carbocycles. The Kier molecular flexibility index (Phi) is 7.28. The second-order valence-electron chi connectivity index (χ2n) is 5.66. The van der Waals surface area contributed by atoms with Gasteiger partial charge in [-0.25, -0.2) is 0 Å². The van der Waals surface area contributed by atoms with Crippen LogP contribution in [0.5, 0.6) is 5.75 Å². The molecule has 5 heteroatoms. The lowest BCUT2D eigenvalue weighted by Gasteiger charge is -2.19. The predicted molar refractivity (Wildman–Crippen MR) is 99.0 cm³/mol. The summed E-state index contributed by atoms with van der Waals surface area (Å²) in [5.41, 5.74) is 1.34. The molecule has 4 nitrogen and oxygen atoms in total. The van der Waals surface area contributed by atoms with Crippen molar-refractivity contribution >= 4 is 29.9 Å². The molecule has 118 valence electrons. The fourth-order valence-electron chi connectivity index (χ4n) is 2.16. The third-order valence-electron chi connectivity index (χ3n) is 3.49. The molecule has 1 heterocycles. The van der Waals surface area contributed by atoms with E-state index in [0.717, 1.165) is 31.3 Å². The zero-order chi connectivity index (χ0) is 14.5. The van der Waals surface area contributed by atoms with E-state index in [1.165, 1.54) is 5.56 Å². The van der Waals surface area contributed by atoms with Crippen LogP contribution in [-0.2, 0) is 0 Å². The second-order valence-corrected chi connectivity index (χ2v) is 5.66. The number of benzene rings is 1. The van der Waals surface area contributed by atoms with Crippen LogP contribution < -0.4 is 10.1 Å².